The number of carbonyl (C=O) groups excluding carboxylic acids is 1. The number of ether oxygens (including phenoxy) is 1. The quantitative estimate of drug-likeness (QED) is 0.683. The van der Waals surface area contributed by atoms with E-state index in [1.807, 2.05) is 6.92 Å². The number of hydrogen-bond acceptors (Lipinski definition) is 4. The molecule has 1 rings (SSSR count). The van der Waals surface area contributed by atoms with Crippen LogP contribution in [0.15, 0.2) is 0 Å². The minimum atomic E-state index is -0.595. The summed E-state index contributed by atoms with van der Waals surface area (Å²) < 4.78 is 5.73. The first-order valence-electron chi connectivity index (χ1n) is 7.27. The van der Waals surface area contributed by atoms with E-state index in [9.17, 15) is 4.79 Å². The molecule has 1 aliphatic rings. The summed E-state index contributed by atoms with van der Waals surface area (Å²) in [5.74, 6) is -0.284. The van der Waals surface area contributed by atoms with E-state index in [1.54, 1.807) is 7.05 Å². The van der Waals surface area contributed by atoms with Crippen LogP contribution in [0.2, 0.25) is 0 Å². The van der Waals surface area contributed by atoms with E-state index >= 15 is 0 Å². The van der Waals surface area contributed by atoms with Gasteiger partial charge in [0.15, 0.2) is 0 Å². The van der Waals surface area contributed by atoms with Crippen molar-refractivity contribution in [2.75, 3.05) is 33.8 Å². The lowest BCUT2D eigenvalue weighted by molar-refractivity contribution is -0.123. The molecule has 19 heavy (non-hydrogen) atoms. The van der Waals surface area contributed by atoms with Gasteiger partial charge in [-0.3, -0.25) is 4.79 Å². The molecule has 1 aliphatic heterocycles. The highest BCUT2D eigenvalue weighted by atomic mass is 16.5. The van der Waals surface area contributed by atoms with Crippen molar-refractivity contribution >= 4 is 5.91 Å². The molecule has 0 bridgehead atoms. The number of nitrogens with one attached hydrogen (secondary N) is 1. The molecular formula is C14H29N3O2. The Morgan fingerprint density at radius 3 is 2.79 bits per heavy atom. The largest absolute Gasteiger partial charge is 0.377 e. The van der Waals surface area contributed by atoms with Crippen LogP contribution >= 0.6 is 0 Å². The van der Waals surface area contributed by atoms with E-state index in [-0.39, 0.29) is 5.91 Å². The van der Waals surface area contributed by atoms with Gasteiger partial charge in [0.2, 0.25) is 5.91 Å². The Kier molecular flexibility index (Phi) is 6.75. The Morgan fingerprint density at radius 2 is 2.26 bits per heavy atom. The van der Waals surface area contributed by atoms with Gasteiger partial charge in [0.25, 0.3) is 0 Å². The lowest BCUT2D eigenvalue weighted by Crippen LogP contribution is -2.51. The number of carbonyl (C=O) groups is 1. The Bertz CT molecular complexity index is 280. The molecule has 0 radical (unpaired) electrons. The molecule has 1 amide bonds. The summed E-state index contributed by atoms with van der Waals surface area (Å²) >= 11 is 0. The predicted molar refractivity (Wildman–Crippen MR) is 77.0 cm³/mol. The Hall–Kier alpha value is -0.650. The molecule has 0 aromatic rings. The summed E-state index contributed by atoms with van der Waals surface area (Å²) in [4.78, 5) is 13.7. The molecule has 5 nitrogen and oxygen atoms in total. The van der Waals surface area contributed by atoms with Crippen molar-refractivity contribution < 1.29 is 9.53 Å². The number of nitrogens with zero attached hydrogens (tertiary/aromatic N) is 1. The van der Waals surface area contributed by atoms with Crippen LogP contribution in [-0.4, -0.2) is 56.2 Å². The van der Waals surface area contributed by atoms with Crippen molar-refractivity contribution in [1.82, 2.24) is 10.2 Å². The second-order valence-corrected chi connectivity index (χ2v) is 5.80. The molecule has 3 N–H and O–H groups in total. The van der Waals surface area contributed by atoms with Crippen molar-refractivity contribution in [2.45, 2.75) is 50.7 Å². The van der Waals surface area contributed by atoms with Crippen molar-refractivity contribution in [3.63, 3.8) is 0 Å². The highest BCUT2D eigenvalue weighted by Gasteiger charge is 2.28. The number of hydrogen-bond donors (Lipinski definition) is 2. The fourth-order valence-electron chi connectivity index (χ4n) is 2.46. The second-order valence-electron chi connectivity index (χ2n) is 5.80. The molecule has 1 fully saturated rings. The maximum Gasteiger partial charge on any atom is 0.237 e. The van der Waals surface area contributed by atoms with Gasteiger partial charge < -0.3 is 20.7 Å². The van der Waals surface area contributed by atoms with Gasteiger partial charge >= 0.3 is 0 Å². The summed E-state index contributed by atoms with van der Waals surface area (Å²) in [7, 11) is 3.89. The highest BCUT2D eigenvalue weighted by Crippen LogP contribution is 2.15. The third-order valence-corrected chi connectivity index (χ3v) is 4.10. The minimum Gasteiger partial charge on any atom is -0.377 e. The number of nitrogens with two attached hydrogens (primary N) is 1. The molecule has 112 valence electrons. The topological polar surface area (TPSA) is 67.6 Å². The molecule has 0 aromatic carbocycles. The summed E-state index contributed by atoms with van der Waals surface area (Å²) in [6.45, 7) is 4.70. The van der Waals surface area contributed by atoms with Gasteiger partial charge in [-0.25, -0.2) is 0 Å². The molecule has 2 atom stereocenters. The van der Waals surface area contributed by atoms with Crippen LogP contribution in [0.4, 0.5) is 0 Å². The average Bonchev–Trinajstić information content (AvgIpc) is 2.39. The Morgan fingerprint density at radius 1 is 1.53 bits per heavy atom. The molecule has 1 saturated heterocycles. The van der Waals surface area contributed by atoms with Crippen LogP contribution in [0.3, 0.4) is 0 Å². The van der Waals surface area contributed by atoms with Crippen LogP contribution < -0.4 is 11.1 Å². The summed E-state index contributed by atoms with van der Waals surface area (Å²) in [5, 5.41) is 3.02. The summed E-state index contributed by atoms with van der Waals surface area (Å²) in [6, 6.07) is 0. The summed E-state index contributed by atoms with van der Waals surface area (Å²) in [6.07, 6.45) is 5.72. The van der Waals surface area contributed by atoms with E-state index in [1.165, 1.54) is 19.3 Å². The Labute approximate surface area is 116 Å². The SMILES string of the molecule is CNC(C)(CCCN(C)CC1CCCCO1)C(N)=O. The van der Waals surface area contributed by atoms with Gasteiger partial charge in [0.05, 0.1) is 11.6 Å². The fourth-order valence-corrected chi connectivity index (χ4v) is 2.46. The number of primary amides is 1. The average molecular weight is 271 g/mol. The van der Waals surface area contributed by atoms with Gasteiger partial charge in [-0.1, -0.05) is 0 Å². The third kappa shape index (κ3) is 5.47. The molecule has 1 heterocycles. The van der Waals surface area contributed by atoms with Gasteiger partial charge in [-0.2, -0.15) is 0 Å². The maximum atomic E-state index is 11.4. The van der Waals surface area contributed by atoms with E-state index < -0.39 is 5.54 Å². The smallest absolute Gasteiger partial charge is 0.237 e. The maximum absolute atomic E-state index is 11.4. The second kappa shape index (κ2) is 7.82. The zero-order valence-corrected chi connectivity index (χ0v) is 12.6. The van der Waals surface area contributed by atoms with E-state index in [0.29, 0.717) is 6.10 Å². The van der Waals surface area contributed by atoms with Crippen LogP contribution in [-0.2, 0) is 9.53 Å². The van der Waals surface area contributed by atoms with Crippen LogP contribution in [0.1, 0.15) is 39.0 Å². The van der Waals surface area contributed by atoms with Crippen LogP contribution in [0.25, 0.3) is 0 Å². The molecule has 0 saturated carbocycles. The lowest BCUT2D eigenvalue weighted by atomic mass is 9.95. The van der Waals surface area contributed by atoms with Gasteiger partial charge in [-0.15, -0.1) is 0 Å². The van der Waals surface area contributed by atoms with Crippen LogP contribution in [0, 0.1) is 0 Å². The fraction of sp³-hybridized carbons (Fsp3) is 0.929. The molecular weight excluding hydrogens is 242 g/mol. The zero-order chi connectivity index (χ0) is 14.3. The molecule has 0 aromatic heterocycles. The monoisotopic (exact) mass is 271 g/mol. The normalized spacial score (nSPS) is 23.3. The zero-order valence-electron chi connectivity index (χ0n) is 12.6. The number of amides is 1. The van der Waals surface area contributed by atoms with Gasteiger partial charge in [0.1, 0.15) is 0 Å². The van der Waals surface area contributed by atoms with Crippen LogP contribution in [0.5, 0.6) is 0 Å². The first-order valence-corrected chi connectivity index (χ1v) is 7.27. The first-order chi connectivity index (χ1) is 8.98. The molecule has 5 heteroatoms. The predicted octanol–water partition coefficient (Wildman–Crippen LogP) is 0.731. The molecule has 0 aliphatic carbocycles. The molecule has 0 spiro atoms. The summed E-state index contributed by atoms with van der Waals surface area (Å²) in [5.41, 5.74) is 4.82. The van der Waals surface area contributed by atoms with Gasteiger partial charge in [-0.05, 0) is 59.7 Å². The minimum absolute atomic E-state index is 0.284. The van der Waals surface area contributed by atoms with Gasteiger partial charge in [0, 0.05) is 13.2 Å². The lowest BCUT2D eigenvalue weighted by Gasteiger charge is -2.29. The highest BCUT2D eigenvalue weighted by molar-refractivity contribution is 5.84. The first kappa shape index (κ1) is 16.4. The third-order valence-electron chi connectivity index (χ3n) is 4.10. The van der Waals surface area contributed by atoms with Crippen molar-refractivity contribution in [2.24, 2.45) is 5.73 Å². The van der Waals surface area contributed by atoms with Crippen molar-refractivity contribution in [3.8, 4) is 0 Å². The van der Waals surface area contributed by atoms with E-state index in [0.717, 1.165) is 32.5 Å². The van der Waals surface area contributed by atoms with E-state index in [4.69, 9.17) is 10.5 Å². The number of likely N-dealkylation sites (N-methyl/N-ethyl adjacent to an activating group) is 2. The van der Waals surface area contributed by atoms with E-state index in [2.05, 4.69) is 17.3 Å². The van der Waals surface area contributed by atoms with Crippen molar-refractivity contribution in [3.05, 3.63) is 0 Å². The van der Waals surface area contributed by atoms with Crippen molar-refractivity contribution in [1.29, 1.82) is 0 Å². The Balaban J connectivity index is 2.22. The number of rotatable bonds is 8. The standard InChI is InChI=1S/C14H29N3O2/c1-14(16-2,13(15)18)8-6-9-17(3)11-12-7-4-5-10-19-12/h12,16H,4-11H2,1-3H3,(H2,15,18). The molecule has 2 unspecified atom stereocenters.